The van der Waals surface area contributed by atoms with Crippen molar-refractivity contribution in [2.45, 2.75) is 0 Å². The van der Waals surface area contributed by atoms with Crippen LogP contribution >= 0.6 is 0 Å². The number of carbonyl (C=O) groups excluding carboxylic acids is 1. The number of ether oxygens (including phenoxy) is 1. The van der Waals surface area contributed by atoms with Gasteiger partial charge in [0, 0.05) is 18.3 Å². The van der Waals surface area contributed by atoms with Crippen molar-refractivity contribution in [1.82, 2.24) is 4.98 Å². The van der Waals surface area contributed by atoms with Gasteiger partial charge in [0.1, 0.15) is 17.3 Å². The van der Waals surface area contributed by atoms with E-state index in [2.05, 4.69) is 10.3 Å². The number of nitrogens with one attached hydrogen (secondary N) is 1. The maximum Gasteiger partial charge on any atom is 0.269 e. The van der Waals surface area contributed by atoms with Crippen LogP contribution in [0.25, 0.3) is 0 Å². The Kier molecular flexibility index (Phi) is 4.66. The lowest BCUT2D eigenvalue weighted by atomic mass is 10.2. The van der Waals surface area contributed by atoms with E-state index in [4.69, 9.17) is 4.74 Å². The second kappa shape index (κ2) is 7.22. The lowest BCUT2D eigenvalue weighted by Crippen LogP contribution is -2.13. The van der Waals surface area contributed by atoms with Crippen molar-refractivity contribution >= 4 is 17.4 Å². The molecule has 7 heteroatoms. The fourth-order valence-corrected chi connectivity index (χ4v) is 2.13. The summed E-state index contributed by atoms with van der Waals surface area (Å²) < 4.78 is 5.70. The van der Waals surface area contributed by atoms with Crippen LogP contribution in [0.5, 0.6) is 11.5 Å². The minimum absolute atomic E-state index is 0.0338. The summed E-state index contributed by atoms with van der Waals surface area (Å²) in [6.07, 6.45) is 1.58. The Balaban J connectivity index is 1.81. The summed E-state index contributed by atoms with van der Waals surface area (Å²) >= 11 is 0. The molecule has 0 bridgehead atoms. The van der Waals surface area contributed by atoms with Crippen molar-refractivity contribution < 1.29 is 14.5 Å². The number of amides is 1. The normalized spacial score (nSPS) is 10.1. The molecule has 0 spiro atoms. The van der Waals surface area contributed by atoms with Gasteiger partial charge >= 0.3 is 0 Å². The first-order valence-electron chi connectivity index (χ1n) is 7.37. The van der Waals surface area contributed by atoms with E-state index in [0.717, 1.165) is 0 Å². The molecule has 0 aliphatic rings. The fraction of sp³-hybridized carbons (Fsp3) is 0. The van der Waals surface area contributed by atoms with Gasteiger partial charge in [-0.2, -0.15) is 0 Å². The number of anilines is 1. The molecule has 0 saturated carbocycles. The van der Waals surface area contributed by atoms with Gasteiger partial charge in [0.2, 0.25) is 0 Å². The first kappa shape index (κ1) is 16.1. The average molecular weight is 335 g/mol. The molecule has 3 rings (SSSR count). The molecule has 124 valence electrons. The van der Waals surface area contributed by atoms with Gasteiger partial charge in [0.25, 0.3) is 11.6 Å². The van der Waals surface area contributed by atoms with Crippen molar-refractivity contribution in [3.63, 3.8) is 0 Å². The number of para-hydroxylation sites is 1. The molecule has 25 heavy (non-hydrogen) atoms. The summed E-state index contributed by atoms with van der Waals surface area (Å²) in [4.78, 5) is 26.7. The minimum Gasteiger partial charge on any atom is -0.457 e. The molecule has 2 aromatic carbocycles. The van der Waals surface area contributed by atoms with Crippen LogP contribution in [0.15, 0.2) is 72.9 Å². The minimum atomic E-state index is -0.488. The van der Waals surface area contributed by atoms with Crippen molar-refractivity contribution in [3.8, 4) is 11.5 Å². The largest absolute Gasteiger partial charge is 0.457 e. The Hall–Kier alpha value is -3.74. The standard InChI is InChI=1S/C18H13N3O4/c22-18(20-17-7-3-4-12-19-17)15-5-1-2-6-16(15)25-14-10-8-13(9-11-14)21(23)24/h1-12H,(H,19,20,22). The van der Waals surface area contributed by atoms with Crippen molar-refractivity contribution in [3.05, 3.63) is 88.6 Å². The Morgan fingerprint density at radius 1 is 1.00 bits per heavy atom. The number of rotatable bonds is 5. The Morgan fingerprint density at radius 2 is 1.72 bits per heavy atom. The molecule has 0 atom stereocenters. The summed E-state index contributed by atoms with van der Waals surface area (Å²) in [6.45, 7) is 0. The van der Waals surface area contributed by atoms with E-state index in [1.807, 2.05) is 0 Å². The van der Waals surface area contributed by atoms with Gasteiger partial charge in [-0.3, -0.25) is 14.9 Å². The summed E-state index contributed by atoms with van der Waals surface area (Å²) in [5.74, 6) is 0.794. The molecule has 1 heterocycles. The average Bonchev–Trinajstić information content (AvgIpc) is 2.63. The highest BCUT2D eigenvalue weighted by atomic mass is 16.6. The van der Waals surface area contributed by atoms with E-state index in [9.17, 15) is 14.9 Å². The lowest BCUT2D eigenvalue weighted by molar-refractivity contribution is -0.384. The molecule has 3 aromatic rings. The molecule has 0 aliphatic carbocycles. The van der Waals surface area contributed by atoms with Crippen molar-refractivity contribution in [2.75, 3.05) is 5.32 Å². The molecule has 7 nitrogen and oxygen atoms in total. The number of nitro groups is 1. The molecule has 1 aromatic heterocycles. The van der Waals surface area contributed by atoms with Gasteiger partial charge in [-0.05, 0) is 36.4 Å². The first-order valence-corrected chi connectivity index (χ1v) is 7.37. The predicted octanol–water partition coefficient (Wildman–Crippen LogP) is 4.03. The third kappa shape index (κ3) is 3.97. The molecule has 1 amide bonds. The van der Waals surface area contributed by atoms with E-state index < -0.39 is 4.92 Å². The van der Waals surface area contributed by atoms with E-state index >= 15 is 0 Å². The number of benzene rings is 2. The van der Waals surface area contributed by atoms with Gasteiger partial charge < -0.3 is 10.1 Å². The molecular formula is C18H13N3O4. The van der Waals surface area contributed by atoms with E-state index in [1.165, 1.54) is 24.3 Å². The van der Waals surface area contributed by atoms with Gasteiger partial charge in [0.05, 0.1) is 10.5 Å². The molecule has 0 saturated heterocycles. The number of pyridine rings is 1. The van der Waals surface area contributed by atoms with Crippen LogP contribution in [0.3, 0.4) is 0 Å². The SMILES string of the molecule is O=C(Nc1ccccn1)c1ccccc1Oc1ccc([N+](=O)[O-])cc1. The molecule has 0 fully saturated rings. The first-order chi connectivity index (χ1) is 12.1. The van der Waals surface area contributed by atoms with Crippen molar-refractivity contribution in [2.24, 2.45) is 0 Å². The van der Waals surface area contributed by atoms with Crippen LogP contribution in [0, 0.1) is 10.1 Å². The van der Waals surface area contributed by atoms with Crippen LogP contribution in [0.1, 0.15) is 10.4 Å². The summed E-state index contributed by atoms with van der Waals surface area (Å²) in [5, 5.41) is 13.4. The quantitative estimate of drug-likeness (QED) is 0.561. The topological polar surface area (TPSA) is 94.4 Å². The van der Waals surface area contributed by atoms with Crippen LogP contribution in [0.2, 0.25) is 0 Å². The highest BCUT2D eigenvalue weighted by Gasteiger charge is 2.14. The second-order valence-corrected chi connectivity index (χ2v) is 5.02. The zero-order valence-electron chi connectivity index (χ0n) is 13.0. The van der Waals surface area contributed by atoms with E-state index in [0.29, 0.717) is 22.9 Å². The molecule has 0 unspecified atom stereocenters. The zero-order valence-corrected chi connectivity index (χ0v) is 13.0. The molecule has 0 aliphatic heterocycles. The maximum atomic E-state index is 12.4. The number of carbonyl (C=O) groups is 1. The molecule has 1 N–H and O–H groups in total. The second-order valence-electron chi connectivity index (χ2n) is 5.02. The van der Waals surface area contributed by atoms with Crippen LogP contribution < -0.4 is 10.1 Å². The Labute approximate surface area is 143 Å². The smallest absolute Gasteiger partial charge is 0.269 e. The van der Waals surface area contributed by atoms with Gasteiger partial charge in [-0.1, -0.05) is 18.2 Å². The summed E-state index contributed by atoms with van der Waals surface area (Å²) in [7, 11) is 0. The van der Waals surface area contributed by atoms with E-state index in [-0.39, 0.29) is 11.6 Å². The number of nitro benzene ring substituents is 1. The van der Waals surface area contributed by atoms with Gasteiger partial charge in [-0.25, -0.2) is 4.98 Å². The van der Waals surface area contributed by atoms with Gasteiger partial charge in [0.15, 0.2) is 0 Å². The highest BCUT2D eigenvalue weighted by Crippen LogP contribution is 2.27. The van der Waals surface area contributed by atoms with E-state index in [1.54, 1.807) is 48.7 Å². The van der Waals surface area contributed by atoms with Crippen LogP contribution in [0.4, 0.5) is 11.5 Å². The third-order valence-corrected chi connectivity index (χ3v) is 3.31. The predicted molar refractivity (Wildman–Crippen MR) is 91.8 cm³/mol. The monoisotopic (exact) mass is 335 g/mol. The highest BCUT2D eigenvalue weighted by molar-refractivity contribution is 6.05. The number of hydrogen-bond donors (Lipinski definition) is 1. The summed E-state index contributed by atoms with van der Waals surface area (Å²) in [5.41, 5.74) is 0.292. The maximum absolute atomic E-state index is 12.4. The van der Waals surface area contributed by atoms with Crippen LogP contribution in [-0.4, -0.2) is 15.8 Å². The Bertz CT molecular complexity index is 896. The van der Waals surface area contributed by atoms with Crippen molar-refractivity contribution in [1.29, 1.82) is 0 Å². The number of nitrogens with zero attached hydrogens (tertiary/aromatic N) is 2. The number of hydrogen-bond acceptors (Lipinski definition) is 5. The molecular weight excluding hydrogens is 322 g/mol. The fourth-order valence-electron chi connectivity index (χ4n) is 2.13. The van der Waals surface area contributed by atoms with Gasteiger partial charge in [-0.15, -0.1) is 0 Å². The molecule has 0 radical (unpaired) electrons. The summed E-state index contributed by atoms with van der Waals surface area (Å²) in [6, 6.07) is 17.6. The number of non-ortho nitro benzene ring substituents is 1. The Morgan fingerprint density at radius 3 is 2.40 bits per heavy atom. The lowest BCUT2D eigenvalue weighted by Gasteiger charge is -2.11. The third-order valence-electron chi connectivity index (χ3n) is 3.31. The zero-order chi connectivity index (χ0) is 17.6. The van der Waals surface area contributed by atoms with Crippen LogP contribution in [-0.2, 0) is 0 Å². The number of aromatic nitrogens is 1.